The first-order valence-electron chi connectivity index (χ1n) is 9.72. The van der Waals surface area contributed by atoms with Gasteiger partial charge in [-0.25, -0.2) is 22.1 Å². The molecule has 3 rings (SSSR count). The van der Waals surface area contributed by atoms with Crippen molar-refractivity contribution in [1.82, 2.24) is 18.8 Å². The molecule has 168 valence electrons. The lowest BCUT2D eigenvalue weighted by atomic mass is 10.0. The molecule has 0 saturated heterocycles. The van der Waals surface area contributed by atoms with Crippen molar-refractivity contribution in [3.63, 3.8) is 0 Å². The molecule has 0 amide bonds. The lowest BCUT2D eigenvalue weighted by Gasteiger charge is -2.36. The Bertz CT molecular complexity index is 1150. The van der Waals surface area contributed by atoms with Gasteiger partial charge in [-0.3, -0.25) is 19.1 Å². The molecule has 0 aliphatic carbocycles. The SMILES string of the molecule is CN1CCn2c(nc(C(=O)CCc3ccc(F)cc3)c(O)c2=O)C1CN(C)S(C)(=O)=O. The third-order valence-electron chi connectivity index (χ3n) is 5.50. The molecule has 0 fully saturated rings. The van der Waals surface area contributed by atoms with Crippen LogP contribution in [0.5, 0.6) is 5.75 Å². The topological polar surface area (TPSA) is 113 Å². The van der Waals surface area contributed by atoms with Gasteiger partial charge < -0.3 is 5.11 Å². The highest BCUT2D eigenvalue weighted by Crippen LogP contribution is 2.25. The summed E-state index contributed by atoms with van der Waals surface area (Å²) >= 11 is 0. The van der Waals surface area contributed by atoms with Gasteiger partial charge in [-0.05, 0) is 31.2 Å². The van der Waals surface area contributed by atoms with Gasteiger partial charge in [-0.2, -0.15) is 0 Å². The number of aromatic nitrogens is 2. The molecule has 0 saturated carbocycles. The molecule has 0 spiro atoms. The molecule has 2 heterocycles. The first kappa shape index (κ1) is 23.0. The molecule has 1 aliphatic rings. The fourth-order valence-electron chi connectivity index (χ4n) is 3.46. The summed E-state index contributed by atoms with van der Waals surface area (Å²) in [6.45, 7) is 0.748. The zero-order valence-corrected chi connectivity index (χ0v) is 18.4. The summed E-state index contributed by atoms with van der Waals surface area (Å²) in [4.78, 5) is 31.6. The first-order chi connectivity index (χ1) is 14.5. The van der Waals surface area contributed by atoms with E-state index in [0.717, 1.165) is 16.1 Å². The van der Waals surface area contributed by atoms with Gasteiger partial charge in [0.2, 0.25) is 15.8 Å². The minimum atomic E-state index is -3.47. The van der Waals surface area contributed by atoms with Gasteiger partial charge in [0.15, 0.2) is 11.5 Å². The number of aromatic hydroxyl groups is 1. The average molecular weight is 453 g/mol. The number of carbonyl (C=O) groups excluding carboxylic acids is 1. The minimum absolute atomic E-state index is 0.0289. The summed E-state index contributed by atoms with van der Waals surface area (Å²) in [6, 6.07) is 5.14. The number of hydrogen-bond donors (Lipinski definition) is 1. The van der Waals surface area contributed by atoms with Crippen LogP contribution in [0.1, 0.15) is 34.3 Å². The summed E-state index contributed by atoms with van der Waals surface area (Å²) in [5, 5.41) is 10.3. The molecule has 11 heteroatoms. The van der Waals surface area contributed by atoms with Crippen molar-refractivity contribution < 1.29 is 22.7 Å². The Morgan fingerprint density at radius 3 is 2.55 bits per heavy atom. The average Bonchev–Trinajstić information content (AvgIpc) is 2.71. The summed E-state index contributed by atoms with van der Waals surface area (Å²) in [5.74, 6) is -1.39. The Morgan fingerprint density at radius 2 is 1.94 bits per heavy atom. The lowest BCUT2D eigenvalue weighted by Crippen LogP contribution is -2.46. The highest BCUT2D eigenvalue weighted by Gasteiger charge is 2.33. The van der Waals surface area contributed by atoms with E-state index in [1.807, 2.05) is 4.90 Å². The second kappa shape index (κ2) is 8.85. The number of hydrogen-bond acceptors (Lipinski definition) is 7. The molecule has 1 unspecified atom stereocenters. The van der Waals surface area contributed by atoms with E-state index in [0.29, 0.717) is 13.0 Å². The molecule has 2 aromatic rings. The van der Waals surface area contributed by atoms with E-state index in [2.05, 4.69) is 4.98 Å². The number of rotatable bonds is 7. The second-order valence-corrected chi connectivity index (χ2v) is 9.80. The Kier molecular flexibility index (Phi) is 6.58. The Balaban J connectivity index is 1.92. The highest BCUT2D eigenvalue weighted by molar-refractivity contribution is 7.88. The van der Waals surface area contributed by atoms with Crippen LogP contribution in [0.2, 0.25) is 0 Å². The summed E-state index contributed by atoms with van der Waals surface area (Å²) in [7, 11) is -0.264. The Labute approximate surface area is 179 Å². The van der Waals surface area contributed by atoms with Gasteiger partial charge >= 0.3 is 0 Å². The fourth-order valence-corrected chi connectivity index (χ4v) is 3.88. The molecular formula is C20H25FN4O5S. The van der Waals surface area contributed by atoms with Crippen LogP contribution in [0, 0.1) is 5.82 Å². The van der Waals surface area contributed by atoms with E-state index < -0.39 is 33.2 Å². The van der Waals surface area contributed by atoms with Crippen molar-refractivity contribution in [3.8, 4) is 5.75 Å². The van der Waals surface area contributed by atoms with Gasteiger partial charge in [0.05, 0.1) is 12.3 Å². The number of benzene rings is 1. The maximum absolute atomic E-state index is 13.0. The maximum Gasteiger partial charge on any atom is 0.296 e. The minimum Gasteiger partial charge on any atom is -0.501 e. The molecule has 1 N–H and O–H groups in total. The Morgan fingerprint density at radius 1 is 1.29 bits per heavy atom. The summed E-state index contributed by atoms with van der Waals surface area (Å²) in [6.07, 6.45) is 1.34. The summed E-state index contributed by atoms with van der Waals surface area (Å²) < 4.78 is 39.2. The van der Waals surface area contributed by atoms with Crippen molar-refractivity contribution in [3.05, 3.63) is 57.5 Å². The van der Waals surface area contributed by atoms with Gasteiger partial charge in [0, 0.05) is 33.1 Å². The van der Waals surface area contributed by atoms with Crippen LogP contribution < -0.4 is 5.56 Å². The fraction of sp³-hybridized carbons (Fsp3) is 0.450. The lowest BCUT2D eigenvalue weighted by molar-refractivity contribution is 0.0970. The van der Waals surface area contributed by atoms with Gasteiger partial charge in [-0.15, -0.1) is 0 Å². The summed E-state index contributed by atoms with van der Waals surface area (Å²) in [5.41, 5.74) is -0.327. The molecule has 31 heavy (non-hydrogen) atoms. The Hall–Kier alpha value is -2.63. The van der Waals surface area contributed by atoms with E-state index in [9.17, 15) is 27.5 Å². The van der Waals surface area contributed by atoms with Gasteiger partial charge in [0.1, 0.15) is 11.6 Å². The third-order valence-corrected chi connectivity index (χ3v) is 6.78. The predicted molar refractivity (Wildman–Crippen MR) is 112 cm³/mol. The molecule has 0 bridgehead atoms. The molecule has 1 aliphatic heterocycles. The smallest absolute Gasteiger partial charge is 0.296 e. The van der Waals surface area contributed by atoms with E-state index in [4.69, 9.17) is 0 Å². The van der Waals surface area contributed by atoms with Crippen LogP contribution in [0.3, 0.4) is 0 Å². The molecule has 1 aromatic carbocycles. The van der Waals surface area contributed by atoms with Crippen molar-refractivity contribution >= 4 is 15.8 Å². The number of fused-ring (bicyclic) bond motifs is 1. The second-order valence-electron chi connectivity index (χ2n) is 7.71. The number of Topliss-reactive ketones (excluding diaryl/α,β-unsaturated/α-hetero) is 1. The van der Waals surface area contributed by atoms with Crippen LogP contribution in [-0.4, -0.2) is 71.5 Å². The molecule has 1 atom stereocenters. The highest BCUT2D eigenvalue weighted by atomic mass is 32.2. The monoisotopic (exact) mass is 452 g/mol. The largest absolute Gasteiger partial charge is 0.501 e. The molecule has 9 nitrogen and oxygen atoms in total. The van der Waals surface area contributed by atoms with E-state index in [1.54, 1.807) is 19.2 Å². The van der Waals surface area contributed by atoms with Gasteiger partial charge in [0.25, 0.3) is 5.56 Å². The van der Waals surface area contributed by atoms with E-state index >= 15 is 0 Å². The predicted octanol–water partition coefficient (Wildman–Crippen LogP) is 0.781. The number of sulfonamides is 1. The number of carbonyl (C=O) groups is 1. The zero-order valence-electron chi connectivity index (χ0n) is 17.6. The molecular weight excluding hydrogens is 427 g/mol. The van der Waals surface area contributed by atoms with Crippen LogP contribution in [-0.2, 0) is 23.0 Å². The van der Waals surface area contributed by atoms with Crippen molar-refractivity contribution in [2.75, 3.05) is 33.4 Å². The molecule has 1 aromatic heterocycles. The number of halogens is 1. The van der Waals surface area contributed by atoms with E-state index in [1.165, 1.54) is 23.7 Å². The normalized spacial score (nSPS) is 17.0. The standard InChI is InChI=1S/C20H25FN4O5S/c1-23-10-11-25-19(15(23)12-24(2)31(3,29)30)22-17(18(27)20(25)28)16(26)9-6-13-4-7-14(21)8-5-13/h4-5,7-8,15,27H,6,9-12H2,1-3H3. The van der Waals surface area contributed by atoms with Crippen LogP contribution in [0.25, 0.3) is 0 Å². The van der Waals surface area contributed by atoms with Gasteiger partial charge in [-0.1, -0.05) is 12.1 Å². The quantitative estimate of drug-likeness (QED) is 0.618. The van der Waals surface area contributed by atoms with Crippen LogP contribution in [0.15, 0.2) is 29.1 Å². The van der Waals surface area contributed by atoms with Crippen molar-refractivity contribution in [1.29, 1.82) is 0 Å². The number of aryl methyl sites for hydroxylation is 1. The van der Waals surface area contributed by atoms with Crippen molar-refractivity contribution in [2.24, 2.45) is 0 Å². The van der Waals surface area contributed by atoms with Crippen LogP contribution in [0.4, 0.5) is 4.39 Å². The maximum atomic E-state index is 13.0. The van der Waals surface area contributed by atoms with Crippen molar-refractivity contribution in [2.45, 2.75) is 25.4 Å². The molecule has 0 radical (unpaired) electrons. The van der Waals surface area contributed by atoms with Crippen LogP contribution >= 0.6 is 0 Å². The number of likely N-dealkylation sites (N-methyl/N-ethyl adjacent to an activating group) is 2. The number of nitrogens with zero attached hydrogens (tertiary/aromatic N) is 4. The van der Waals surface area contributed by atoms with E-state index in [-0.39, 0.29) is 36.8 Å². The third kappa shape index (κ3) is 5.00. The zero-order chi connectivity index (χ0) is 22.9. The first-order valence-corrected chi connectivity index (χ1v) is 11.6. The number of ketones is 1.